The van der Waals surface area contributed by atoms with Gasteiger partial charge < -0.3 is 10.1 Å². The second-order valence-corrected chi connectivity index (χ2v) is 6.27. The van der Waals surface area contributed by atoms with Crippen LogP contribution in [0.1, 0.15) is 29.0 Å². The molecule has 24 heavy (non-hydrogen) atoms. The number of nitrogens with zero attached hydrogens (tertiary/aromatic N) is 1. The molecule has 0 radical (unpaired) electrons. The number of ether oxygens (including phenoxy) is 1. The van der Waals surface area contributed by atoms with E-state index in [1.807, 2.05) is 0 Å². The van der Waals surface area contributed by atoms with Gasteiger partial charge in [0, 0.05) is 0 Å². The SMILES string of the molecule is COc1ccc(C(C)NC(=O)c2nc(Cl)c(Cl)c(Cl)c2Cl)cc1F. The standard InChI is InChI=1S/C15H11Cl4FN2O2/c1-6(7-3-4-9(24-2)8(20)5-7)21-15(23)13-11(17)10(16)12(18)14(19)22-13/h3-6H,1-2H3,(H,21,23). The van der Waals surface area contributed by atoms with Crippen molar-refractivity contribution in [2.24, 2.45) is 0 Å². The van der Waals surface area contributed by atoms with E-state index >= 15 is 0 Å². The molecule has 0 fully saturated rings. The van der Waals surface area contributed by atoms with Crippen LogP contribution in [0, 0.1) is 5.82 Å². The van der Waals surface area contributed by atoms with E-state index in [1.54, 1.807) is 13.0 Å². The maximum atomic E-state index is 13.8. The van der Waals surface area contributed by atoms with Crippen molar-refractivity contribution < 1.29 is 13.9 Å². The summed E-state index contributed by atoms with van der Waals surface area (Å²) in [6.45, 7) is 1.67. The van der Waals surface area contributed by atoms with Crippen LogP contribution < -0.4 is 10.1 Å². The number of methoxy groups -OCH3 is 1. The molecule has 128 valence electrons. The van der Waals surface area contributed by atoms with Crippen LogP contribution in [0.15, 0.2) is 18.2 Å². The number of hydrogen-bond donors (Lipinski definition) is 1. The van der Waals surface area contributed by atoms with Crippen molar-refractivity contribution in [3.8, 4) is 5.75 Å². The van der Waals surface area contributed by atoms with Crippen LogP contribution in [-0.2, 0) is 0 Å². The predicted molar refractivity (Wildman–Crippen MR) is 93.1 cm³/mol. The van der Waals surface area contributed by atoms with Crippen molar-refractivity contribution in [3.63, 3.8) is 0 Å². The summed E-state index contributed by atoms with van der Waals surface area (Å²) in [6, 6.07) is 3.84. The van der Waals surface area contributed by atoms with E-state index in [1.165, 1.54) is 19.2 Å². The molecule has 0 saturated carbocycles. The molecule has 1 unspecified atom stereocenters. The lowest BCUT2D eigenvalue weighted by molar-refractivity contribution is 0.0935. The number of aromatic nitrogens is 1. The highest BCUT2D eigenvalue weighted by Crippen LogP contribution is 2.36. The molecule has 0 aliphatic heterocycles. The summed E-state index contributed by atoms with van der Waals surface area (Å²) < 4.78 is 18.6. The van der Waals surface area contributed by atoms with Gasteiger partial charge in [-0.1, -0.05) is 52.5 Å². The summed E-state index contributed by atoms with van der Waals surface area (Å²) in [7, 11) is 1.37. The number of benzene rings is 1. The number of carbonyl (C=O) groups is 1. The molecule has 1 N–H and O–H groups in total. The second kappa shape index (κ2) is 7.74. The van der Waals surface area contributed by atoms with E-state index < -0.39 is 17.8 Å². The van der Waals surface area contributed by atoms with E-state index in [4.69, 9.17) is 51.1 Å². The van der Waals surface area contributed by atoms with Gasteiger partial charge in [0.05, 0.1) is 28.2 Å². The van der Waals surface area contributed by atoms with Gasteiger partial charge in [-0.25, -0.2) is 9.37 Å². The Balaban J connectivity index is 2.25. The summed E-state index contributed by atoms with van der Waals surface area (Å²) in [6.07, 6.45) is 0. The summed E-state index contributed by atoms with van der Waals surface area (Å²) in [5.41, 5.74) is 0.362. The Labute approximate surface area is 157 Å². The van der Waals surface area contributed by atoms with E-state index in [2.05, 4.69) is 10.3 Å². The molecular formula is C15H11Cl4FN2O2. The lowest BCUT2D eigenvalue weighted by Gasteiger charge is -2.16. The highest BCUT2D eigenvalue weighted by molar-refractivity contribution is 6.52. The van der Waals surface area contributed by atoms with Crippen molar-refractivity contribution in [1.29, 1.82) is 0 Å². The monoisotopic (exact) mass is 410 g/mol. The van der Waals surface area contributed by atoms with Crippen molar-refractivity contribution in [1.82, 2.24) is 10.3 Å². The Kier molecular flexibility index (Phi) is 6.15. The summed E-state index contributed by atoms with van der Waals surface area (Å²) in [5, 5.41) is 2.28. The van der Waals surface area contributed by atoms with Crippen LogP contribution in [0.4, 0.5) is 4.39 Å². The van der Waals surface area contributed by atoms with E-state index in [0.29, 0.717) is 5.56 Å². The van der Waals surface area contributed by atoms with Gasteiger partial charge in [-0.2, -0.15) is 0 Å². The second-order valence-electron chi connectivity index (χ2n) is 4.78. The Morgan fingerprint density at radius 2 is 1.88 bits per heavy atom. The lowest BCUT2D eigenvalue weighted by atomic mass is 10.1. The first-order chi connectivity index (χ1) is 11.3. The summed E-state index contributed by atoms with van der Waals surface area (Å²) in [5.74, 6) is -1.05. The van der Waals surface area contributed by atoms with E-state index in [-0.39, 0.29) is 31.7 Å². The molecule has 1 amide bonds. The zero-order valence-corrected chi connectivity index (χ0v) is 15.5. The fourth-order valence-electron chi connectivity index (χ4n) is 1.94. The van der Waals surface area contributed by atoms with Gasteiger partial charge in [-0.05, 0) is 24.6 Å². The molecule has 0 aliphatic rings. The summed E-state index contributed by atoms with van der Waals surface area (Å²) >= 11 is 23.5. The van der Waals surface area contributed by atoms with E-state index in [0.717, 1.165) is 0 Å². The molecule has 2 rings (SSSR count). The topological polar surface area (TPSA) is 51.2 Å². The quantitative estimate of drug-likeness (QED) is 0.691. The molecule has 9 heteroatoms. The fourth-order valence-corrected chi connectivity index (χ4v) is 2.75. The maximum absolute atomic E-state index is 13.8. The fraction of sp³-hybridized carbons (Fsp3) is 0.200. The Morgan fingerprint density at radius 1 is 1.21 bits per heavy atom. The number of nitrogens with one attached hydrogen (secondary N) is 1. The van der Waals surface area contributed by atoms with Crippen LogP contribution in [0.2, 0.25) is 20.2 Å². The van der Waals surface area contributed by atoms with Gasteiger partial charge in [0.1, 0.15) is 10.8 Å². The van der Waals surface area contributed by atoms with Gasteiger partial charge >= 0.3 is 0 Å². The molecule has 4 nitrogen and oxygen atoms in total. The minimum Gasteiger partial charge on any atom is -0.494 e. The zero-order chi connectivity index (χ0) is 18.0. The number of carbonyl (C=O) groups excluding carboxylic acids is 1. The molecule has 0 bridgehead atoms. The number of pyridine rings is 1. The first-order valence-corrected chi connectivity index (χ1v) is 8.11. The largest absolute Gasteiger partial charge is 0.494 e. The van der Waals surface area contributed by atoms with Crippen molar-refractivity contribution in [2.45, 2.75) is 13.0 Å². The Bertz CT molecular complexity index is 802. The van der Waals surface area contributed by atoms with Gasteiger partial charge in [0.25, 0.3) is 5.91 Å². The minimum absolute atomic E-state index is 0.0369. The van der Waals surface area contributed by atoms with Crippen molar-refractivity contribution in [3.05, 3.63) is 55.5 Å². The smallest absolute Gasteiger partial charge is 0.272 e. The van der Waals surface area contributed by atoms with Gasteiger partial charge in [0.15, 0.2) is 11.6 Å². The number of amides is 1. The maximum Gasteiger partial charge on any atom is 0.272 e. The van der Waals surface area contributed by atoms with Gasteiger partial charge in [0.2, 0.25) is 0 Å². The average Bonchev–Trinajstić information content (AvgIpc) is 2.55. The molecule has 2 aromatic rings. The van der Waals surface area contributed by atoms with Gasteiger partial charge in [-0.15, -0.1) is 0 Å². The van der Waals surface area contributed by atoms with Crippen LogP contribution in [-0.4, -0.2) is 18.0 Å². The molecule has 1 aromatic carbocycles. The predicted octanol–water partition coefficient (Wildman–Crippen LogP) is 5.33. The first kappa shape index (κ1) is 19.1. The average molecular weight is 412 g/mol. The Morgan fingerprint density at radius 3 is 2.46 bits per heavy atom. The van der Waals surface area contributed by atoms with Crippen LogP contribution >= 0.6 is 46.4 Å². The highest BCUT2D eigenvalue weighted by atomic mass is 35.5. The van der Waals surface area contributed by atoms with Crippen LogP contribution in [0.25, 0.3) is 0 Å². The molecule has 1 aromatic heterocycles. The third-order valence-electron chi connectivity index (χ3n) is 3.22. The number of rotatable bonds is 4. The van der Waals surface area contributed by atoms with Crippen LogP contribution in [0.5, 0.6) is 5.75 Å². The molecule has 0 spiro atoms. The minimum atomic E-state index is -0.621. The Hall–Kier alpha value is -1.27. The third kappa shape index (κ3) is 3.86. The first-order valence-electron chi connectivity index (χ1n) is 6.60. The van der Waals surface area contributed by atoms with E-state index in [9.17, 15) is 9.18 Å². The number of halogens is 5. The van der Waals surface area contributed by atoms with Gasteiger partial charge in [-0.3, -0.25) is 4.79 Å². The lowest BCUT2D eigenvalue weighted by Crippen LogP contribution is -2.28. The van der Waals surface area contributed by atoms with Crippen molar-refractivity contribution >= 4 is 52.3 Å². The third-order valence-corrected chi connectivity index (χ3v) is 4.90. The molecule has 0 aliphatic carbocycles. The molecule has 0 saturated heterocycles. The molecule has 1 atom stereocenters. The van der Waals surface area contributed by atoms with Crippen molar-refractivity contribution in [2.75, 3.05) is 7.11 Å². The van der Waals surface area contributed by atoms with Crippen LogP contribution in [0.3, 0.4) is 0 Å². The number of hydrogen-bond acceptors (Lipinski definition) is 3. The zero-order valence-electron chi connectivity index (χ0n) is 12.5. The normalized spacial score (nSPS) is 12.0. The molecular weight excluding hydrogens is 401 g/mol. The summed E-state index contributed by atoms with van der Waals surface area (Å²) in [4.78, 5) is 16.2. The highest BCUT2D eigenvalue weighted by Gasteiger charge is 2.22. The molecule has 1 heterocycles.